The molecule has 1 aliphatic rings. The largest absolute Gasteiger partial charge is 0.487 e. The molecule has 0 saturated carbocycles. The average molecular weight is 278 g/mol. The van der Waals surface area contributed by atoms with E-state index in [0.29, 0.717) is 17.9 Å². The van der Waals surface area contributed by atoms with Crippen LogP contribution in [0.2, 0.25) is 0 Å². The average Bonchev–Trinajstić information content (AvgIpc) is 2.48. The summed E-state index contributed by atoms with van der Waals surface area (Å²) in [6, 6.07) is 6.83. The molecular weight excluding hydrogens is 264 g/mol. The Kier molecular flexibility index (Phi) is 4.46. The number of anilines is 1. The molecule has 6 heteroatoms. The third kappa shape index (κ3) is 3.29. The van der Waals surface area contributed by atoms with Crippen molar-refractivity contribution in [3.63, 3.8) is 0 Å². The molecule has 1 aliphatic heterocycles. The van der Waals surface area contributed by atoms with Gasteiger partial charge in [-0.25, -0.2) is 0 Å². The lowest BCUT2D eigenvalue weighted by Gasteiger charge is -2.15. The van der Waals surface area contributed by atoms with Gasteiger partial charge in [0.2, 0.25) is 0 Å². The molecule has 0 radical (unpaired) electrons. The van der Waals surface area contributed by atoms with E-state index in [0.717, 1.165) is 5.75 Å². The van der Waals surface area contributed by atoms with Crippen LogP contribution >= 0.6 is 11.8 Å². The summed E-state index contributed by atoms with van der Waals surface area (Å²) in [4.78, 5) is 23.7. The van der Waals surface area contributed by atoms with Crippen LogP contribution in [-0.2, 0) is 9.53 Å². The molecule has 2 rings (SSSR count). The normalized spacial score (nSPS) is 14.1. The number of carbonyl (C=O) groups is 2. The lowest BCUT2D eigenvalue weighted by Crippen LogP contribution is -2.23. The molecule has 0 aliphatic carbocycles. The van der Waals surface area contributed by atoms with Gasteiger partial charge in [0.1, 0.15) is 0 Å². The van der Waals surface area contributed by atoms with Gasteiger partial charge in [-0.3, -0.25) is 9.59 Å². The van der Waals surface area contributed by atoms with Crippen molar-refractivity contribution in [3.05, 3.63) is 41.0 Å². The smallest absolute Gasteiger partial charge is 0.291 e. The molecule has 19 heavy (non-hydrogen) atoms. The highest BCUT2D eigenvalue weighted by atomic mass is 32.2. The summed E-state index contributed by atoms with van der Waals surface area (Å²) < 4.78 is 5.27. The molecule has 1 heterocycles. The molecule has 0 bridgehead atoms. The Morgan fingerprint density at radius 2 is 2.05 bits per heavy atom. The Morgan fingerprint density at radius 3 is 2.74 bits per heavy atom. The zero-order valence-corrected chi connectivity index (χ0v) is 11.3. The number of rotatable bonds is 3. The van der Waals surface area contributed by atoms with E-state index in [1.54, 1.807) is 36.7 Å². The fourth-order valence-electron chi connectivity index (χ4n) is 1.60. The van der Waals surface area contributed by atoms with E-state index in [1.807, 2.05) is 0 Å². The van der Waals surface area contributed by atoms with E-state index < -0.39 is 0 Å². The summed E-state index contributed by atoms with van der Waals surface area (Å²) in [5.74, 6) is 0.529. The van der Waals surface area contributed by atoms with Crippen LogP contribution < -0.4 is 10.6 Å². The second kappa shape index (κ2) is 6.29. The standard InChI is InChI=1S/C13H14N2O3S/c1-14-12(16)9-4-2-3-5-10(9)15-13(17)11-8-19-7-6-18-11/h2-5,8H,6-7H2,1H3,(H,14,16)(H,15,17). The van der Waals surface area contributed by atoms with Gasteiger partial charge in [0.25, 0.3) is 11.8 Å². The Hall–Kier alpha value is -1.95. The summed E-state index contributed by atoms with van der Waals surface area (Å²) in [5, 5.41) is 6.91. The lowest BCUT2D eigenvalue weighted by molar-refractivity contribution is -0.116. The number of ether oxygens (including phenoxy) is 1. The van der Waals surface area contributed by atoms with Crippen LogP contribution in [0.4, 0.5) is 5.69 Å². The summed E-state index contributed by atoms with van der Waals surface area (Å²) in [5.41, 5.74) is 0.884. The Bertz CT molecular complexity index is 528. The van der Waals surface area contributed by atoms with Crippen molar-refractivity contribution in [2.45, 2.75) is 0 Å². The lowest BCUT2D eigenvalue weighted by atomic mass is 10.1. The number of carbonyl (C=O) groups excluding carboxylic acids is 2. The number of hydrogen-bond donors (Lipinski definition) is 2. The maximum atomic E-state index is 12.0. The molecule has 0 fully saturated rings. The van der Waals surface area contributed by atoms with E-state index in [9.17, 15) is 9.59 Å². The van der Waals surface area contributed by atoms with Gasteiger partial charge >= 0.3 is 0 Å². The molecule has 0 spiro atoms. The summed E-state index contributed by atoms with van der Waals surface area (Å²) in [6.07, 6.45) is 0. The first-order valence-corrected chi connectivity index (χ1v) is 6.84. The number of nitrogens with one attached hydrogen (secondary N) is 2. The summed E-state index contributed by atoms with van der Waals surface area (Å²) >= 11 is 1.53. The van der Waals surface area contributed by atoms with E-state index in [-0.39, 0.29) is 17.6 Å². The van der Waals surface area contributed by atoms with E-state index in [1.165, 1.54) is 11.8 Å². The molecule has 2 amide bonds. The summed E-state index contributed by atoms with van der Waals surface area (Å²) in [7, 11) is 1.55. The van der Waals surface area contributed by atoms with Gasteiger partial charge in [0.05, 0.1) is 17.9 Å². The zero-order valence-electron chi connectivity index (χ0n) is 10.4. The molecule has 2 N–H and O–H groups in total. The minimum absolute atomic E-state index is 0.246. The van der Waals surface area contributed by atoms with Crippen molar-refractivity contribution in [1.29, 1.82) is 0 Å². The monoisotopic (exact) mass is 278 g/mol. The molecule has 1 aromatic carbocycles. The molecule has 0 unspecified atom stereocenters. The van der Waals surface area contributed by atoms with Crippen LogP contribution in [0.25, 0.3) is 0 Å². The number of hydrogen-bond acceptors (Lipinski definition) is 4. The van der Waals surface area contributed by atoms with E-state index >= 15 is 0 Å². The maximum absolute atomic E-state index is 12.0. The van der Waals surface area contributed by atoms with Crippen LogP contribution in [0, 0.1) is 0 Å². The number of para-hydroxylation sites is 1. The Labute approximate surface area is 115 Å². The van der Waals surface area contributed by atoms with Crippen molar-refractivity contribution in [2.24, 2.45) is 0 Å². The Balaban J connectivity index is 2.17. The van der Waals surface area contributed by atoms with Crippen molar-refractivity contribution in [2.75, 3.05) is 24.7 Å². The van der Waals surface area contributed by atoms with Gasteiger partial charge in [-0.15, -0.1) is 11.8 Å². The first-order chi connectivity index (χ1) is 9.22. The van der Waals surface area contributed by atoms with Crippen molar-refractivity contribution >= 4 is 29.3 Å². The highest BCUT2D eigenvalue weighted by Gasteiger charge is 2.17. The topological polar surface area (TPSA) is 67.4 Å². The zero-order chi connectivity index (χ0) is 13.7. The van der Waals surface area contributed by atoms with E-state index in [2.05, 4.69) is 10.6 Å². The third-order valence-corrected chi connectivity index (χ3v) is 3.30. The van der Waals surface area contributed by atoms with Crippen LogP contribution in [0.15, 0.2) is 35.4 Å². The third-order valence-electron chi connectivity index (χ3n) is 2.52. The van der Waals surface area contributed by atoms with Gasteiger partial charge in [0, 0.05) is 18.2 Å². The molecular formula is C13H14N2O3S. The molecule has 1 aromatic rings. The first kappa shape index (κ1) is 13.5. The van der Waals surface area contributed by atoms with Crippen LogP contribution in [-0.4, -0.2) is 31.2 Å². The Morgan fingerprint density at radius 1 is 1.26 bits per heavy atom. The minimum atomic E-state index is -0.344. The second-order valence-corrected chi connectivity index (χ2v) is 4.76. The van der Waals surface area contributed by atoms with Gasteiger partial charge in [-0.2, -0.15) is 0 Å². The molecule has 0 saturated heterocycles. The van der Waals surface area contributed by atoms with Gasteiger partial charge < -0.3 is 15.4 Å². The van der Waals surface area contributed by atoms with Crippen molar-refractivity contribution < 1.29 is 14.3 Å². The summed E-state index contributed by atoms with van der Waals surface area (Å²) in [6.45, 7) is 0.515. The highest BCUT2D eigenvalue weighted by molar-refractivity contribution is 8.02. The number of benzene rings is 1. The van der Waals surface area contributed by atoms with Crippen molar-refractivity contribution in [1.82, 2.24) is 5.32 Å². The predicted octanol–water partition coefficient (Wildman–Crippen LogP) is 1.59. The molecule has 5 nitrogen and oxygen atoms in total. The SMILES string of the molecule is CNC(=O)c1ccccc1NC(=O)C1=CSCCO1. The minimum Gasteiger partial charge on any atom is -0.487 e. The van der Waals surface area contributed by atoms with Gasteiger partial charge in [-0.05, 0) is 12.1 Å². The van der Waals surface area contributed by atoms with Crippen LogP contribution in [0.1, 0.15) is 10.4 Å². The fraction of sp³-hybridized carbons (Fsp3) is 0.231. The molecule has 0 aromatic heterocycles. The number of amides is 2. The maximum Gasteiger partial charge on any atom is 0.291 e. The van der Waals surface area contributed by atoms with Gasteiger partial charge in [0.15, 0.2) is 5.76 Å². The second-order valence-electron chi connectivity index (χ2n) is 3.78. The van der Waals surface area contributed by atoms with Crippen molar-refractivity contribution in [3.8, 4) is 0 Å². The predicted molar refractivity (Wildman–Crippen MR) is 75.0 cm³/mol. The van der Waals surface area contributed by atoms with Gasteiger partial charge in [-0.1, -0.05) is 12.1 Å². The molecule has 0 atom stereocenters. The molecule has 100 valence electrons. The fourth-order valence-corrected chi connectivity index (χ4v) is 2.22. The first-order valence-electron chi connectivity index (χ1n) is 5.79. The van der Waals surface area contributed by atoms with Crippen LogP contribution in [0.3, 0.4) is 0 Å². The van der Waals surface area contributed by atoms with E-state index in [4.69, 9.17) is 4.74 Å². The quantitative estimate of drug-likeness (QED) is 0.881. The van der Waals surface area contributed by atoms with Crippen LogP contribution in [0.5, 0.6) is 0 Å². The highest BCUT2D eigenvalue weighted by Crippen LogP contribution is 2.19. The number of thioether (sulfide) groups is 1.